The van der Waals surface area contributed by atoms with Gasteiger partial charge < -0.3 is 9.64 Å². The van der Waals surface area contributed by atoms with E-state index in [2.05, 4.69) is 18.9 Å². The maximum Gasteiger partial charge on any atom is 0.0535 e. The van der Waals surface area contributed by atoms with Crippen LogP contribution in [0.3, 0.4) is 0 Å². The molecule has 2 rings (SSSR count). The van der Waals surface area contributed by atoms with Crippen molar-refractivity contribution in [1.82, 2.24) is 4.90 Å². The van der Waals surface area contributed by atoms with Crippen molar-refractivity contribution >= 4 is 0 Å². The van der Waals surface area contributed by atoms with Crippen LogP contribution < -0.4 is 0 Å². The van der Waals surface area contributed by atoms with Crippen molar-refractivity contribution in [3.63, 3.8) is 0 Å². The first-order valence-corrected chi connectivity index (χ1v) is 5.00. The van der Waals surface area contributed by atoms with E-state index in [9.17, 15) is 0 Å². The molecule has 0 radical (unpaired) electrons. The van der Waals surface area contributed by atoms with E-state index < -0.39 is 0 Å². The van der Waals surface area contributed by atoms with Crippen LogP contribution in [-0.2, 0) is 4.74 Å². The molecule has 2 atom stereocenters. The molecule has 2 heterocycles. The molecule has 2 heteroatoms. The van der Waals surface area contributed by atoms with Crippen molar-refractivity contribution in [2.24, 2.45) is 5.41 Å². The summed E-state index contributed by atoms with van der Waals surface area (Å²) < 4.78 is 5.58. The molecule has 2 saturated heterocycles. The summed E-state index contributed by atoms with van der Waals surface area (Å²) in [5, 5.41) is 0. The van der Waals surface area contributed by atoms with E-state index >= 15 is 0 Å². The Bertz CT molecular complexity index is 151. The normalized spacial score (nSPS) is 44.0. The van der Waals surface area contributed by atoms with Gasteiger partial charge in [-0.05, 0) is 33.2 Å². The molecule has 0 aliphatic carbocycles. The monoisotopic (exact) mass is 169 g/mol. The molecule has 0 N–H and O–H groups in total. The molecule has 12 heavy (non-hydrogen) atoms. The highest BCUT2D eigenvalue weighted by Crippen LogP contribution is 2.40. The van der Waals surface area contributed by atoms with Crippen LogP contribution in [0.4, 0.5) is 0 Å². The molecule has 2 aliphatic heterocycles. The van der Waals surface area contributed by atoms with Gasteiger partial charge in [0.05, 0.1) is 6.61 Å². The van der Waals surface area contributed by atoms with Gasteiger partial charge in [0.15, 0.2) is 0 Å². The highest BCUT2D eigenvalue weighted by Gasteiger charge is 2.41. The van der Waals surface area contributed by atoms with Crippen molar-refractivity contribution in [2.75, 3.05) is 26.8 Å². The zero-order valence-electron chi connectivity index (χ0n) is 8.18. The first-order chi connectivity index (χ1) is 5.72. The summed E-state index contributed by atoms with van der Waals surface area (Å²) in [5.74, 6) is 0. The van der Waals surface area contributed by atoms with Crippen LogP contribution in [0.1, 0.15) is 26.2 Å². The molecule has 1 spiro atoms. The lowest BCUT2D eigenvalue weighted by Crippen LogP contribution is -2.34. The van der Waals surface area contributed by atoms with E-state index in [1.165, 1.54) is 25.8 Å². The SMILES string of the molecule is CC1CC2(CCCOC2)CN1C. The minimum absolute atomic E-state index is 0.520. The van der Waals surface area contributed by atoms with E-state index in [4.69, 9.17) is 4.74 Å². The number of hydrogen-bond donors (Lipinski definition) is 0. The van der Waals surface area contributed by atoms with Crippen LogP contribution in [0.15, 0.2) is 0 Å². The van der Waals surface area contributed by atoms with Gasteiger partial charge >= 0.3 is 0 Å². The quantitative estimate of drug-likeness (QED) is 0.545. The molecule has 0 bridgehead atoms. The first kappa shape index (κ1) is 8.52. The van der Waals surface area contributed by atoms with Gasteiger partial charge in [0.25, 0.3) is 0 Å². The molecule has 0 aromatic rings. The Balaban J connectivity index is 2.02. The Hall–Kier alpha value is -0.0800. The van der Waals surface area contributed by atoms with Gasteiger partial charge in [0, 0.05) is 24.6 Å². The van der Waals surface area contributed by atoms with E-state index in [1.807, 2.05) is 0 Å². The molecule has 2 unspecified atom stereocenters. The Morgan fingerprint density at radius 3 is 2.83 bits per heavy atom. The molecule has 2 aliphatic rings. The number of hydrogen-bond acceptors (Lipinski definition) is 2. The van der Waals surface area contributed by atoms with Gasteiger partial charge in [0.1, 0.15) is 0 Å². The second-order valence-electron chi connectivity index (χ2n) is 4.62. The third-order valence-electron chi connectivity index (χ3n) is 3.47. The summed E-state index contributed by atoms with van der Waals surface area (Å²) in [5.41, 5.74) is 0.520. The van der Waals surface area contributed by atoms with Crippen molar-refractivity contribution < 1.29 is 4.74 Å². The molecular weight excluding hydrogens is 150 g/mol. The van der Waals surface area contributed by atoms with Gasteiger partial charge in [-0.1, -0.05) is 0 Å². The average Bonchev–Trinajstić information content (AvgIpc) is 2.29. The highest BCUT2D eigenvalue weighted by atomic mass is 16.5. The van der Waals surface area contributed by atoms with Crippen LogP contribution in [0.2, 0.25) is 0 Å². The van der Waals surface area contributed by atoms with Gasteiger partial charge in [-0.25, -0.2) is 0 Å². The average molecular weight is 169 g/mol. The van der Waals surface area contributed by atoms with Crippen LogP contribution in [0.25, 0.3) is 0 Å². The number of ether oxygens (including phenoxy) is 1. The van der Waals surface area contributed by atoms with Crippen LogP contribution in [-0.4, -0.2) is 37.7 Å². The van der Waals surface area contributed by atoms with E-state index in [-0.39, 0.29) is 0 Å². The van der Waals surface area contributed by atoms with Crippen molar-refractivity contribution in [3.8, 4) is 0 Å². The summed E-state index contributed by atoms with van der Waals surface area (Å²) in [7, 11) is 2.23. The van der Waals surface area contributed by atoms with Crippen molar-refractivity contribution in [3.05, 3.63) is 0 Å². The van der Waals surface area contributed by atoms with E-state index in [0.717, 1.165) is 19.3 Å². The second kappa shape index (κ2) is 3.00. The molecule has 0 amide bonds. The summed E-state index contributed by atoms with van der Waals surface area (Å²) in [6.07, 6.45) is 3.98. The van der Waals surface area contributed by atoms with Gasteiger partial charge in [-0.15, -0.1) is 0 Å². The lowest BCUT2D eigenvalue weighted by atomic mass is 9.81. The number of likely N-dealkylation sites (tertiary alicyclic amines) is 1. The molecular formula is C10H19NO. The lowest BCUT2D eigenvalue weighted by molar-refractivity contribution is -0.00124. The number of nitrogens with zero attached hydrogens (tertiary/aromatic N) is 1. The Morgan fingerprint density at radius 2 is 2.33 bits per heavy atom. The summed E-state index contributed by atoms with van der Waals surface area (Å²) in [6, 6.07) is 0.756. The highest BCUT2D eigenvalue weighted by molar-refractivity contribution is 4.94. The minimum atomic E-state index is 0.520. The zero-order valence-corrected chi connectivity index (χ0v) is 8.18. The van der Waals surface area contributed by atoms with Gasteiger partial charge in [-0.3, -0.25) is 0 Å². The zero-order chi connectivity index (χ0) is 8.60. The fourth-order valence-electron chi connectivity index (χ4n) is 2.73. The lowest BCUT2D eigenvalue weighted by Gasteiger charge is -2.32. The van der Waals surface area contributed by atoms with Crippen molar-refractivity contribution in [2.45, 2.75) is 32.2 Å². The first-order valence-electron chi connectivity index (χ1n) is 5.00. The van der Waals surface area contributed by atoms with Crippen LogP contribution in [0, 0.1) is 5.41 Å². The van der Waals surface area contributed by atoms with Gasteiger partial charge in [-0.2, -0.15) is 0 Å². The maximum atomic E-state index is 5.58. The second-order valence-corrected chi connectivity index (χ2v) is 4.62. The molecule has 70 valence electrons. The summed E-state index contributed by atoms with van der Waals surface area (Å²) >= 11 is 0. The maximum absolute atomic E-state index is 5.58. The minimum Gasteiger partial charge on any atom is -0.381 e. The largest absolute Gasteiger partial charge is 0.381 e. The van der Waals surface area contributed by atoms with Gasteiger partial charge in [0.2, 0.25) is 0 Å². The Morgan fingerprint density at radius 1 is 1.50 bits per heavy atom. The third-order valence-corrected chi connectivity index (χ3v) is 3.47. The van der Waals surface area contributed by atoms with Crippen LogP contribution in [0.5, 0.6) is 0 Å². The molecule has 0 aromatic heterocycles. The topological polar surface area (TPSA) is 12.5 Å². The predicted octanol–water partition coefficient (Wildman–Crippen LogP) is 1.51. The fraction of sp³-hybridized carbons (Fsp3) is 1.00. The van der Waals surface area contributed by atoms with Crippen LogP contribution >= 0.6 is 0 Å². The smallest absolute Gasteiger partial charge is 0.0535 e. The van der Waals surface area contributed by atoms with Crippen molar-refractivity contribution in [1.29, 1.82) is 0 Å². The third kappa shape index (κ3) is 1.38. The molecule has 2 nitrogen and oxygen atoms in total. The molecule has 2 fully saturated rings. The summed E-state index contributed by atoms with van der Waals surface area (Å²) in [6.45, 7) is 5.55. The Kier molecular flexibility index (Phi) is 2.13. The van der Waals surface area contributed by atoms with E-state index in [0.29, 0.717) is 5.41 Å². The van der Waals surface area contributed by atoms with E-state index in [1.54, 1.807) is 0 Å². The standard InChI is InChI=1S/C10H19NO/c1-9-6-10(7-11(9)2)4-3-5-12-8-10/h9H,3-8H2,1-2H3. The number of rotatable bonds is 0. The molecule has 0 aromatic carbocycles. The summed E-state index contributed by atoms with van der Waals surface area (Å²) in [4.78, 5) is 2.47. The Labute approximate surface area is 74.9 Å². The molecule has 0 saturated carbocycles. The predicted molar refractivity (Wildman–Crippen MR) is 49.2 cm³/mol. The fourth-order valence-corrected chi connectivity index (χ4v) is 2.73.